The number of aromatic carboxylic acids is 1. The number of carboxylic acid groups (broad SMARTS) is 1. The van der Waals surface area contributed by atoms with Gasteiger partial charge >= 0.3 is 5.97 Å². The Morgan fingerprint density at radius 2 is 1.77 bits per heavy atom. The van der Waals surface area contributed by atoms with Crippen LogP contribution in [0.2, 0.25) is 0 Å². The second-order valence-electron chi connectivity index (χ2n) is 4.41. The lowest BCUT2D eigenvalue weighted by atomic mass is 10.2. The average molecular weight is 303 g/mol. The minimum atomic E-state index is -1.01. The van der Waals surface area contributed by atoms with Crippen LogP contribution >= 0.6 is 0 Å². The first-order chi connectivity index (χ1) is 10.6. The Balaban J connectivity index is 1.78. The van der Waals surface area contributed by atoms with Gasteiger partial charge in [0.2, 0.25) is 0 Å². The summed E-state index contributed by atoms with van der Waals surface area (Å²) in [6, 6.07) is 11.6. The van der Waals surface area contributed by atoms with E-state index in [4.69, 9.17) is 9.84 Å². The first kappa shape index (κ1) is 15.5. The number of carbonyl (C=O) groups is 2. The molecule has 6 heteroatoms. The molecule has 0 atom stereocenters. The number of amides is 1. The molecule has 0 aliphatic carbocycles. The van der Waals surface area contributed by atoms with E-state index in [1.54, 1.807) is 6.07 Å². The molecule has 0 radical (unpaired) electrons. The van der Waals surface area contributed by atoms with Crippen molar-refractivity contribution in [2.45, 2.75) is 0 Å². The lowest BCUT2D eigenvalue weighted by molar-refractivity contribution is 0.0696. The van der Waals surface area contributed by atoms with Gasteiger partial charge in [0.15, 0.2) is 0 Å². The lowest BCUT2D eigenvalue weighted by Gasteiger charge is -2.08. The van der Waals surface area contributed by atoms with Gasteiger partial charge in [-0.2, -0.15) is 0 Å². The van der Waals surface area contributed by atoms with Crippen molar-refractivity contribution < 1.29 is 23.8 Å². The highest BCUT2D eigenvalue weighted by Gasteiger charge is 2.09. The number of ether oxygens (including phenoxy) is 1. The Morgan fingerprint density at radius 3 is 2.41 bits per heavy atom. The van der Waals surface area contributed by atoms with Crippen molar-refractivity contribution in [3.63, 3.8) is 0 Å². The van der Waals surface area contributed by atoms with Crippen molar-refractivity contribution in [1.82, 2.24) is 5.32 Å². The van der Waals surface area contributed by atoms with Crippen molar-refractivity contribution in [3.05, 3.63) is 65.5 Å². The molecular weight excluding hydrogens is 289 g/mol. The molecule has 114 valence electrons. The highest BCUT2D eigenvalue weighted by molar-refractivity contribution is 5.94. The molecule has 0 aliphatic heterocycles. The van der Waals surface area contributed by atoms with Crippen molar-refractivity contribution in [2.75, 3.05) is 13.2 Å². The zero-order chi connectivity index (χ0) is 15.9. The predicted molar refractivity (Wildman–Crippen MR) is 77.6 cm³/mol. The summed E-state index contributed by atoms with van der Waals surface area (Å²) in [5.74, 6) is -1.61. The number of benzene rings is 2. The molecule has 0 fully saturated rings. The van der Waals surface area contributed by atoms with Crippen LogP contribution in [0.15, 0.2) is 48.5 Å². The van der Waals surface area contributed by atoms with Crippen LogP contribution in [0.25, 0.3) is 0 Å². The molecule has 2 N–H and O–H groups in total. The molecule has 1 amide bonds. The summed E-state index contributed by atoms with van der Waals surface area (Å²) >= 11 is 0. The van der Waals surface area contributed by atoms with E-state index in [1.807, 2.05) is 0 Å². The van der Waals surface area contributed by atoms with E-state index < -0.39 is 17.7 Å². The lowest BCUT2D eigenvalue weighted by Crippen LogP contribution is -2.28. The fourth-order valence-electron chi connectivity index (χ4n) is 1.77. The minimum absolute atomic E-state index is 0.0201. The highest BCUT2D eigenvalue weighted by Crippen LogP contribution is 2.12. The predicted octanol–water partition coefficient (Wildman–Crippen LogP) is 2.33. The standard InChI is InChI=1S/C16H14FNO4/c17-14-4-2-1-3-13(14)15(19)18-9-10-22-12-7-5-11(6-8-12)16(20)21/h1-8H,9-10H2,(H,18,19)(H,20,21). The number of hydrogen-bond acceptors (Lipinski definition) is 3. The summed E-state index contributed by atoms with van der Waals surface area (Å²) < 4.78 is 18.7. The van der Waals surface area contributed by atoms with Crippen molar-refractivity contribution in [2.24, 2.45) is 0 Å². The molecule has 5 nitrogen and oxygen atoms in total. The quantitative estimate of drug-likeness (QED) is 0.803. The topological polar surface area (TPSA) is 75.6 Å². The molecule has 0 spiro atoms. The fraction of sp³-hybridized carbons (Fsp3) is 0.125. The fourth-order valence-corrected chi connectivity index (χ4v) is 1.77. The van der Waals surface area contributed by atoms with E-state index in [9.17, 15) is 14.0 Å². The van der Waals surface area contributed by atoms with Gasteiger partial charge in [0.1, 0.15) is 18.2 Å². The molecule has 2 aromatic carbocycles. The van der Waals surface area contributed by atoms with Gasteiger partial charge < -0.3 is 15.2 Å². The summed E-state index contributed by atoms with van der Waals surface area (Å²) in [5.41, 5.74) is 0.147. The Morgan fingerprint density at radius 1 is 1.09 bits per heavy atom. The zero-order valence-electron chi connectivity index (χ0n) is 11.6. The Bertz CT molecular complexity index is 670. The maximum atomic E-state index is 13.4. The zero-order valence-corrected chi connectivity index (χ0v) is 11.6. The van der Waals surface area contributed by atoms with Gasteiger partial charge in [-0.1, -0.05) is 12.1 Å². The molecular formula is C16H14FNO4. The van der Waals surface area contributed by atoms with Crippen LogP contribution in [0.3, 0.4) is 0 Å². The Hall–Kier alpha value is -2.89. The maximum Gasteiger partial charge on any atom is 0.335 e. The highest BCUT2D eigenvalue weighted by atomic mass is 19.1. The minimum Gasteiger partial charge on any atom is -0.492 e. The summed E-state index contributed by atoms with van der Waals surface area (Å²) in [4.78, 5) is 22.4. The smallest absolute Gasteiger partial charge is 0.335 e. The molecule has 2 aromatic rings. The molecule has 0 heterocycles. The third-order valence-electron chi connectivity index (χ3n) is 2.88. The monoisotopic (exact) mass is 303 g/mol. The number of hydrogen-bond donors (Lipinski definition) is 2. The molecule has 0 aromatic heterocycles. The van der Waals surface area contributed by atoms with Crippen LogP contribution in [0.5, 0.6) is 5.75 Å². The van der Waals surface area contributed by atoms with Crippen molar-refractivity contribution in [1.29, 1.82) is 0 Å². The summed E-state index contributed by atoms with van der Waals surface area (Å²) in [7, 11) is 0. The van der Waals surface area contributed by atoms with Gasteiger partial charge in [0.25, 0.3) is 5.91 Å². The number of carboxylic acids is 1. The van der Waals surface area contributed by atoms with Gasteiger partial charge in [-0.15, -0.1) is 0 Å². The van der Waals surface area contributed by atoms with Crippen molar-refractivity contribution >= 4 is 11.9 Å². The van der Waals surface area contributed by atoms with Crippen LogP contribution in [-0.4, -0.2) is 30.1 Å². The van der Waals surface area contributed by atoms with E-state index in [-0.39, 0.29) is 24.3 Å². The van der Waals surface area contributed by atoms with Crippen molar-refractivity contribution in [3.8, 4) is 5.75 Å². The van der Waals surface area contributed by atoms with Crippen LogP contribution in [0.4, 0.5) is 4.39 Å². The molecule has 0 bridgehead atoms. The third-order valence-corrected chi connectivity index (χ3v) is 2.88. The van der Waals surface area contributed by atoms with Gasteiger partial charge in [0.05, 0.1) is 17.7 Å². The SMILES string of the molecule is O=C(O)c1ccc(OCCNC(=O)c2ccccc2F)cc1. The van der Waals surface area contributed by atoms with Gasteiger partial charge in [0, 0.05) is 0 Å². The van der Waals surface area contributed by atoms with Gasteiger partial charge in [-0.05, 0) is 36.4 Å². The first-order valence-electron chi connectivity index (χ1n) is 6.57. The summed E-state index contributed by atoms with van der Waals surface area (Å²) in [6.45, 7) is 0.389. The van der Waals surface area contributed by atoms with Crippen LogP contribution in [0.1, 0.15) is 20.7 Å². The Kier molecular flexibility index (Phi) is 5.08. The van der Waals surface area contributed by atoms with E-state index in [1.165, 1.54) is 42.5 Å². The summed E-state index contributed by atoms with van der Waals surface area (Å²) in [5, 5.41) is 11.3. The van der Waals surface area contributed by atoms with Crippen LogP contribution in [0, 0.1) is 5.82 Å². The third kappa shape index (κ3) is 4.05. The molecule has 22 heavy (non-hydrogen) atoms. The number of rotatable bonds is 6. The number of halogens is 1. The van der Waals surface area contributed by atoms with E-state index in [2.05, 4.69) is 5.32 Å². The number of carbonyl (C=O) groups excluding carboxylic acids is 1. The molecule has 0 saturated carbocycles. The molecule has 0 unspecified atom stereocenters. The molecule has 0 aliphatic rings. The van der Waals surface area contributed by atoms with Crippen LogP contribution in [-0.2, 0) is 0 Å². The first-order valence-corrected chi connectivity index (χ1v) is 6.57. The van der Waals surface area contributed by atoms with E-state index in [0.29, 0.717) is 5.75 Å². The maximum absolute atomic E-state index is 13.4. The number of nitrogens with one attached hydrogen (secondary N) is 1. The van der Waals surface area contributed by atoms with Crippen LogP contribution < -0.4 is 10.1 Å². The van der Waals surface area contributed by atoms with E-state index >= 15 is 0 Å². The second kappa shape index (κ2) is 7.21. The van der Waals surface area contributed by atoms with E-state index in [0.717, 1.165) is 0 Å². The van der Waals surface area contributed by atoms with Gasteiger partial charge in [-0.25, -0.2) is 9.18 Å². The van der Waals surface area contributed by atoms with Gasteiger partial charge in [-0.3, -0.25) is 4.79 Å². The Labute approximate surface area is 126 Å². The largest absolute Gasteiger partial charge is 0.492 e. The second-order valence-corrected chi connectivity index (χ2v) is 4.41. The average Bonchev–Trinajstić information content (AvgIpc) is 2.52. The molecule has 2 rings (SSSR count). The summed E-state index contributed by atoms with van der Waals surface area (Å²) in [6.07, 6.45) is 0. The molecule has 0 saturated heterocycles. The normalized spacial score (nSPS) is 10.0.